The van der Waals surface area contributed by atoms with Crippen LogP contribution in [0.1, 0.15) is 0 Å². The average Bonchev–Trinajstić information content (AvgIpc) is 3.42. The van der Waals surface area contributed by atoms with Gasteiger partial charge in [-0.1, -0.05) is 54.1 Å². The molecular weight excluding hydrogens is 658 g/mol. The van der Waals surface area contributed by atoms with Gasteiger partial charge < -0.3 is 19.7 Å². The predicted octanol–water partition coefficient (Wildman–Crippen LogP) is 6.71. The Morgan fingerprint density at radius 3 is 1.94 bits per heavy atom. The average molecular weight is 684 g/mol. The molecule has 1 aromatic heterocycles. The quantitative estimate of drug-likeness (QED) is 0.223. The summed E-state index contributed by atoms with van der Waals surface area (Å²) in [7, 11) is 8.40. The fraction of sp³-hybridized carbons (Fsp3) is 0.143. The molecule has 0 N–H and O–H groups in total. The van der Waals surface area contributed by atoms with Gasteiger partial charge in [-0.05, 0) is 36.0 Å². The third-order valence-electron chi connectivity index (χ3n) is 5.41. The smallest absolute Gasteiger partial charge is 0.00858 e. The minimum Gasteiger partial charge on any atom is -0.502 e. The van der Waals surface area contributed by atoms with Crippen LogP contribution in [0.25, 0.3) is 11.3 Å². The van der Waals surface area contributed by atoms with E-state index in [2.05, 4.69) is 97.8 Å². The summed E-state index contributed by atoms with van der Waals surface area (Å²) >= 11 is 1.47. The maximum atomic E-state index is 13.5. The first-order chi connectivity index (χ1) is 17.5. The van der Waals surface area contributed by atoms with E-state index in [1.165, 1.54) is 29.3 Å². The Morgan fingerprint density at radius 2 is 1.44 bits per heavy atom. The number of anilines is 3. The minimum atomic E-state index is -0.659. The van der Waals surface area contributed by atoms with Crippen LogP contribution in [0.15, 0.2) is 91.1 Å². The van der Waals surface area contributed by atoms with Gasteiger partial charge in [-0.15, -0.1) is 12.1 Å². The van der Waals surface area contributed by atoms with E-state index in [1.807, 2.05) is 25.1 Å². The van der Waals surface area contributed by atoms with Gasteiger partial charge in [0.1, 0.15) is 0 Å². The van der Waals surface area contributed by atoms with E-state index in [-0.39, 0.29) is 5.56 Å². The number of benzene rings is 3. The molecule has 0 amide bonds. The van der Waals surface area contributed by atoms with Crippen molar-refractivity contribution in [1.29, 1.82) is 0 Å². The van der Waals surface area contributed by atoms with Gasteiger partial charge in [0.05, 0.1) is 0 Å². The normalized spacial score (nSPS) is 12.3. The molecule has 0 aliphatic carbocycles. The van der Waals surface area contributed by atoms with Crippen molar-refractivity contribution in [3.8, 4) is 11.3 Å². The Hall–Kier alpha value is -2.99. The molecule has 0 radical (unpaired) electrons. The summed E-state index contributed by atoms with van der Waals surface area (Å²) in [6.45, 7) is 4.27. The molecule has 0 saturated carbocycles. The van der Waals surface area contributed by atoms with E-state index >= 15 is 0 Å². The molecule has 1 aliphatic rings. The number of nitrogens with zero attached hydrogens (tertiary/aromatic N) is 4. The Labute approximate surface area is 226 Å². The molecule has 188 valence electrons. The molecule has 4 nitrogen and oxygen atoms in total. The minimum absolute atomic E-state index is 0.176. The van der Waals surface area contributed by atoms with Crippen molar-refractivity contribution in [2.45, 2.75) is 0 Å². The van der Waals surface area contributed by atoms with Crippen LogP contribution in [-0.4, -0.2) is 32.2 Å². The second kappa shape index (κ2) is 13.9. The largest absolute Gasteiger partial charge is 0.502 e. The molecule has 0 atom stereocenters. The third kappa shape index (κ3) is 7.50. The van der Waals surface area contributed by atoms with Gasteiger partial charge in [0.2, 0.25) is 0 Å². The second-order valence-corrected chi connectivity index (χ2v) is 8.01. The maximum absolute atomic E-state index is 13.5. The zero-order valence-corrected chi connectivity index (χ0v) is 23.1. The van der Waals surface area contributed by atoms with Crippen LogP contribution in [0.5, 0.6) is 0 Å². The summed E-state index contributed by atoms with van der Waals surface area (Å²) in [4.78, 5) is 10.5. The first kappa shape index (κ1) is 27.6. The van der Waals surface area contributed by atoms with Gasteiger partial charge in [-0.25, -0.2) is 0 Å². The van der Waals surface area contributed by atoms with Crippen molar-refractivity contribution >= 4 is 26.6 Å². The standard InChI is InChI=1S/C15H15N2.C13H11F2N2.ClH.Ir/c1-3-7-14(8-4-1)16-11-12-17(13-16)15-9-5-2-6-10-15;1-17(2)10-5-6-16-13(8-10)11-4-3-9(14)7-12(11)15;;/h1-10,13H,11-12H2;3,5-8H,1-2H3;1H;/q2*-1;;+3/p-1. The van der Waals surface area contributed by atoms with Crippen LogP contribution in [0, 0.1) is 24.4 Å². The van der Waals surface area contributed by atoms with Crippen LogP contribution in [0.3, 0.4) is 0 Å². The molecule has 36 heavy (non-hydrogen) atoms. The first-order valence-electron chi connectivity index (χ1n) is 11.1. The molecule has 0 unspecified atom stereocenters. The first-order valence-corrected chi connectivity index (χ1v) is 14.1. The Balaban J connectivity index is 0.000000188. The van der Waals surface area contributed by atoms with E-state index in [0.29, 0.717) is 5.69 Å². The van der Waals surface area contributed by atoms with Crippen molar-refractivity contribution < 1.29 is 26.7 Å². The second-order valence-electron chi connectivity index (χ2n) is 8.01. The monoisotopic (exact) mass is 684 g/mol. The molecule has 5 rings (SSSR count). The number of para-hydroxylation sites is 2. The Morgan fingerprint density at radius 1 is 0.889 bits per heavy atom. The summed E-state index contributed by atoms with van der Waals surface area (Å²) < 4.78 is 26.3. The summed E-state index contributed by atoms with van der Waals surface area (Å²) in [6.07, 6.45) is 1.58. The third-order valence-corrected chi connectivity index (χ3v) is 5.41. The number of aromatic nitrogens is 1. The van der Waals surface area contributed by atoms with Crippen LogP contribution >= 0.6 is 9.58 Å². The zero-order valence-electron chi connectivity index (χ0n) is 19.9. The van der Waals surface area contributed by atoms with Crippen molar-refractivity contribution in [2.75, 3.05) is 41.9 Å². The van der Waals surface area contributed by atoms with Crippen LogP contribution in [-0.2, 0) is 17.9 Å². The maximum Gasteiger partial charge on any atom is 0.00858 e. The molecule has 0 bridgehead atoms. The van der Waals surface area contributed by atoms with E-state index in [4.69, 9.17) is 0 Å². The van der Waals surface area contributed by atoms with Crippen LogP contribution < -0.4 is 14.7 Å². The van der Waals surface area contributed by atoms with E-state index in [0.717, 1.165) is 30.9 Å². The van der Waals surface area contributed by atoms with Crippen molar-refractivity contribution in [3.63, 3.8) is 0 Å². The topological polar surface area (TPSA) is 22.6 Å². The number of rotatable bonds is 4. The van der Waals surface area contributed by atoms with E-state index < -0.39 is 11.6 Å². The summed E-state index contributed by atoms with van der Waals surface area (Å²) in [6, 6.07) is 29.0. The molecule has 2 heterocycles. The van der Waals surface area contributed by atoms with Gasteiger partial charge in [0.25, 0.3) is 0 Å². The molecule has 0 spiro atoms. The fourth-order valence-corrected chi connectivity index (χ4v) is 3.61. The summed E-state index contributed by atoms with van der Waals surface area (Å²) in [5.41, 5.74) is 4.02. The molecule has 1 aliphatic heterocycles. The number of hydrogen-bond acceptors (Lipinski definition) is 4. The molecule has 4 aromatic rings. The number of halogens is 3. The van der Waals surface area contributed by atoms with Gasteiger partial charge in [-0.2, -0.15) is 6.67 Å². The molecule has 1 fully saturated rings. The summed E-state index contributed by atoms with van der Waals surface area (Å²) in [5, 5.41) is 0. The number of pyridine rings is 1. The molecule has 1 saturated heterocycles. The SMILES string of the molecule is CN(C)c1ccnc(-c2[c-]cc(F)cc2F)c1.[Cl][Ir+2].c1ccc(N2[CH-]N(c3ccccc3)CC2)cc1. The fourth-order valence-electron chi connectivity index (χ4n) is 3.61. The number of hydrogen-bond donors (Lipinski definition) is 0. The van der Waals surface area contributed by atoms with Gasteiger partial charge in [-0.3, -0.25) is 8.78 Å². The van der Waals surface area contributed by atoms with Gasteiger partial charge in [0.15, 0.2) is 0 Å². The molecule has 8 heteroatoms. The van der Waals surface area contributed by atoms with Crippen LogP contribution in [0.2, 0.25) is 0 Å². The van der Waals surface area contributed by atoms with E-state index in [1.54, 1.807) is 12.3 Å². The predicted molar refractivity (Wildman–Crippen MR) is 140 cm³/mol. The van der Waals surface area contributed by atoms with E-state index in [9.17, 15) is 8.78 Å². The Bertz CT molecular complexity index is 1170. The van der Waals surface area contributed by atoms with Crippen molar-refractivity contribution in [3.05, 3.63) is 115 Å². The Kier molecular flexibility index (Phi) is 10.7. The summed E-state index contributed by atoms with van der Waals surface area (Å²) in [5.74, 6) is -1.30. The van der Waals surface area contributed by atoms with Crippen molar-refractivity contribution in [2.24, 2.45) is 0 Å². The van der Waals surface area contributed by atoms with Crippen molar-refractivity contribution in [1.82, 2.24) is 4.98 Å². The molecule has 3 aromatic carbocycles. The zero-order chi connectivity index (χ0) is 25.9. The van der Waals surface area contributed by atoms with Gasteiger partial charge >= 0.3 is 27.5 Å². The van der Waals surface area contributed by atoms with Crippen LogP contribution in [0.4, 0.5) is 25.8 Å². The molecular formula is C28H26ClF2IrN4. The van der Waals surface area contributed by atoms with Gasteiger partial charge in [0, 0.05) is 62.1 Å².